The van der Waals surface area contributed by atoms with Gasteiger partial charge in [-0.3, -0.25) is 10.2 Å². The zero-order valence-electron chi connectivity index (χ0n) is 18.7. The molecule has 0 saturated heterocycles. The summed E-state index contributed by atoms with van der Waals surface area (Å²) < 4.78 is 0. The Kier molecular flexibility index (Phi) is 6.46. The SMILES string of the molecule is N#Cc1ccc(N2NC(c3ccc(Cl)c(Cl)c3)=NN2c2cccc(NC(=O)c3ccccc3)c2)cc1. The van der Waals surface area contributed by atoms with Gasteiger partial charge in [0.2, 0.25) is 0 Å². The molecule has 1 heterocycles. The van der Waals surface area contributed by atoms with Crippen molar-refractivity contribution in [2.24, 2.45) is 5.10 Å². The molecule has 0 fully saturated rings. The number of hydrazone groups is 1. The summed E-state index contributed by atoms with van der Waals surface area (Å²) in [5.41, 5.74) is 7.16. The second-order valence-corrected chi connectivity index (χ2v) is 8.63. The van der Waals surface area contributed by atoms with Crippen molar-refractivity contribution < 1.29 is 4.79 Å². The molecule has 4 aromatic carbocycles. The van der Waals surface area contributed by atoms with Gasteiger partial charge in [0.15, 0.2) is 5.84 Å². The summed E-state index contributed by atoms with van der Waals surface area (Å²) in [4.78, 5) is 12.7. The van der Waals surface area contributed by atoms with Gasteiger partial charge in [-0.25, -0.2) is 0 Å². The molecule has 9 heteroatoms. The minimum absolute atomic E-state index is 0.212. The van der Waals surface area contributed by atoms with Gasteiger partial charge in [0.05, 0.1) is 33.1 Å². The molecule has 0 spiro atoms. The molecule has 1 amide bonds. The molecule has 176 valence electrons. The molecule has 0 unspecified atom stereocenters. The fourth-order valence-corrected chi connectivity index (χ4v) is 3.90. The molecule has 0 atom stereocenters. The summed E-state index contributed by atoms with van der Waals surface area (Å²) in [6.45, 7) is 0. The van der Waals surface area contributed by atoms with Gasteiger partial charge in [0.25, 0.3) is 5.91 Å². The normalized spacial score (nSPS) is 12.5. The zero-order valence-corrected chi connectivity index (χ0v) is 20.2. The van der Waals surface area contributed by atoms with E-state index in [9.17, 15) is 10.1 Å². The Morgan fingerprint density at radius 1 is 0.861 bits per heavy atom. The number of anilines is 3. The summed E-state index contributed by atoms with van der Waals surface area (Å²) >= 11 is 12.3. The number of amidine groups is 1. The molecular formula is C27H18Cl2N6O. The van der Waals surface area contributed by atoms with Crippen LogP contribution in [-0.4, -0.2) is 11.7 Å². The molecule has 7 nitrogen and oxygen atoms in total. The van der Waals surface area contributed by atoms with Gasteiger partial charge in [0.1, 0.15) is 0 Å². The van der Waals surface area contributed by atoms with Crippen molar-refractivity contribution in [2.75, 3.05) is 15.6 Å². The van der Waals surface area contributed by atoms with Crippen molar-refractivity contribution >= 4 is 52.0 Å². The first-order chi connectivity index (χ1) is 17.5. The standard InChI is InChI=1S/C27H18Cl2N6O/c28-24-14-11-20(15-25(24)29)26-32-34(22-12-9-18(17-30)10-13-22)35(33-26)23-8-4-7-21(16-23)31-27(36)19-5-2-1-3-6-19/h1-16H,(H,31,36)(H,32,33). The van der Waals surface area contributed by atoms with Crippen LogP contribution in [0.4, 0.5) is 17.1 Å². The number of nitrogens with zero attached hydrogens (tertiary/aromatic N) is 4. The minimum atomic E-state index is -0.212. The lowest BCUT2D eigenvalue weighted by Crippen LogP contribution is -2.44. The van der Waals surface area contributed by atoms with Crippen molar-refractivity contribution in [1.29, 1.82) is 5.26 Å². The van der Waals surface area contributed by atoms with Crippen LogP contribution in [0.5, 0.6) is 0 Å². The highest BCUT2D eigenvalue weighted by molar-refractivity contribution is 6.42. The first-order valence-electron chi connectivity index (χ1n) is 10.9. The number of amides is 1. The highest BCUT2D eigenvalue weighted by Gasteiger charge is 2.27. The molecule has 36 heavy (non-hydrogen) atoms. The number of rotatable bonds is 5. The average Bonchev–Trinajstić information content (AvgIpc) is 3.36. The number of carbonyl (C=O) groups excluding carboxylic acids is 1. The van der Waals surface area contributed by atoms with E-state index in [0.717, 1.165) is 11.3 Å². The van der Waals surface area contributed by atoms with Crippen LogP contribution >= 0.6 is 23.2 Å². The largest absolute Gasteiger partial charge is 0.322 e. The number of hydrogen-bond donors (Lipinski definition) is 2. The van der Waals surface area contributed by atoms with Crippen LogP contribution in [0, 0.1) is 11.3 Å². The molecule has 0 aliphatic carbocycles. The molecule has 0 aromatic heterocycles. The van der Waals surface area contributed by atoms with Gasteiger partial charge in [-0.05, 0) is 72.8 Å². The van der Waals surface area contributed by atoms with Crippen LogP contribution in [0.25, 0.3) is 0 Å². The maximum atomic E-state index is 12.7. The summed E-state index contributed by atoms with van der Waals surface area (Å²) in [5.74, 6) is 0.327. The lowest BCUT2D eigenvalue weighted by molar-refractivity contribution is 0.102. The van der Waals surface area contributed by atoms with Crippen molar-refractivity contribution in [1.82, 2.24) is 5.43 Å². The van der Waals surface area contributed by atoms with E-state index in [0.29, 0.717) is 38.4 Å². The van der Waals surface area contributed by atoms with E-state index in [2.05, 4.69) is 16.8 Å². The average molecular weight is 513 g/mol. The molecule has 0 radical (unpaired) electrons. The molecular weight excluding hydrogens is 495 g/mol. The Morgan fingerprint density at radius 2 is 1.64 bits per heavy atom. The van der Waals surface area contributed by atoms with Gasteiger partial charge in [-0.15, -0.1) is 5.10 Å². The summed E-state index contributed by atoms with van der Waals surface area (Å²) in [6, 6.07) is 30.8. The molecule has 5 rings (SSSR count). The molecule has 0 bridgehead atoms. The van der Waals surface area contributed by atoms with E-state index in [1.807, 2.05) is 60.7 Å². The van der Waals surface area contributed by atoms with Crippen LogP contribution in [0.2, 0.25) is 10.0 Å². The third-order valence-corrected chi connectivity index (χ3v) is 6.14. The molecule has 1 aliphatic heterocycles. The highest BCUT2D eigenvalue weighted by Crippen LogP contribution is 2.29. The zero-order chi connectivity index (χ0) is 25.1. The van der Waals surface area contributed by atoms with Crippen molar-refractivity contribution in [3.05, 3.63) is 124 Å². The van der Waals surface area contributed by atoms with Crippen LogP contribution in [0.3, 0.4) is 0 Å². The van der Waals surface area contributed by atoms with Crippen LogP contribution in [0.15, 0.2) is 102 Å². The van der Waals surface area contributed by atoms with Gasteiger partial charge < -0.3 is 5.32 Å². The van der Waals surface area contributed by atoms with E-state index in [-0.39, 0.29) is 5.91 Å². The Bertz CT molecular complexity index is 1500. The predicted molar refractivity (Wildman–Crippen MR) is 143 cm³/mol. The number of halogens is 2. The van der Waals surface area contributed by atoms with Crippen molar-refractivity contribution in [2.45, 2.75) is 0 Å². The van der Waals surface area contributed by atoms with Gasteiger partial charge in [-0.1, -0.05) is 47.5 Å². The lowest BCUT2D eigenvalue weighted by atomic mass is 10.2. The van der Waals surface area contributed by atoms with E-state index in [1.165, 1.54) is 0 Å². The highest BCUT2D eigenvalue weighted by atomic mass is 35.5. The monoisotopic (exact) mass is 512 g/mol. The van der Waals surface area contributed by atoms with E-state index < -0.39 is 0 Å². The quantitative estimate of drug-likeness (QED) is 0.331. The number of hydrazine groups is 2. The fourth-order valence-electron chi connectivity index (χ4n) is 3.60. The van der Waals surface area contributed by atoms with Crippen LogP contribution in [-0.2, 0) is 0 Å². The number of carbonyl (C=O) groups is 1. The minimum Gasteiger partial charge on any atom is -0.322 e. The first kappa shape index (κ1) is 23.2. The topological polar surface area (TPSA) is 83.8 Å². The van der Waals surface area contributed by atoms with E-state index in [4.69, 9.17) is 28.3 Å². The number of hydrogen-bond acceptors (Lipinski definition) is 6. The summed E-state index contributed by atoms with van der Waals surface area (Å²) in [5, 5.41) is 21.1. The third kappa shape index (κ3) is 4.82. The van der Waals surface area contributed by atoms with Crippen molar-refractivity contribution in [3.8, 4) is 6.07 Å². The fraction of sp³-hybridized carbons (Fsp3) is 0. The van der Waals surface area contributed by atoms with Gasteiger partial charge >= 0.3 is 0 Å². The van der Waals surface area contributed by atoms with E-state index >= 15 is 0 Å². The third-order valence-electron chi connectivity index (χ3n) is 5.40. The molecule has 4 aromatic rings. The van der Waals surface area contributed by atoms with Crippen LogP contribution in [0.1, 0.15) is 21.5 Å². The van der Waals surface area contributed by atoms with Gasteiger partial charge in [0, 0.05) is 16.8 Å². The maximum absolute atomic E-state index is 12.7. The summed E-state index contributed by atoms with van der Waals surface area (Å²) in [7, 11) is 0. The summed E-state index contributed by atoms with van der Waals surface area (Å²) in [6.07, 6.45) is 0. The van der Waals surface area contributed by atoms with Gasteiger partial charge in [-0.2, -0.15) is 15.5 Å². The second kappa shape index (κ2) is 10.0. The Hall–Kier alpha value is -4.51. The van der Waals surface area contributed by atoms with E-state index in [1.54, 1.807) is 46.6 Å². The maximum Gasteiger partial charge on any atom is 0.255 e. The Morgan fingerprint density at radius 3 is 2.36 bits per heavy atom. The molecule has 0 saturated carbocycles. The second-order valence-electron chi connectivity index (χ2n) is 7.82. The molecule has 2 N–H and O–H groups in total. The number of nitriles is 1. The predicted octanol–water partition coefficient (Wildman–Crippen LogP) is 6.23. The Balaban J connectivity index is 1.50. The number of nitrogens with one attached hydrogen (secondary N) is 2. The van der Waals surface area contributed by atoms with Crippen LogP contribution < -0.4 is 21.0 Å². The van der Waals surface area contributed by atoms with Crippen molar-refractivity contribution in [3.63, 3.8) is 0 Å². The Labute approximate surface area is 217 Å². The number of benzene rings is 4. The smallest absolute Gasteiger partial charge is 0.255 e. The molecule has 1 aliphatic rings. The first-order valence-corrected chi connectivity index (χ1v) is 11.6. The lowest BCUT2D eigenvalue weighted by Gasteiger charge is -2.28.